The van der Waals surface area contributed by atoms with Crippen molar-refractivity contribution in [2.45, 2.75) is 25.8 Å². The quantitative estimate of drug-likeness (QED) is 0.333. The number of carbonyl (C=O) groups is 3. The highest BCUT2D eigenvalue weighted by atomic mass is 16.5. The van der Waals surface area contributed by atoms with E-state index in [-0.39, 0.29) is 12.3 Å². The summed E-state index contributed by atoms with van der Waals surface area (Å²) >= 11 is 0. The van der Waals surface area contributed by atoms with Crippen molar-refractivity contribution in [1.82, 2.24) is 10.6 Å². The van der Waals surface area contributed by atoms with E-state index in [2.05, 4.69) is 17.2 Å². The van der Waals surface area contributed by atoms with Crippen LogP contribution in [0.25, 0.3) is 0 Å². The maximum absolute atomic E-state index is 12.1. The molecule has 0 radical (unpaired) electrons. The number of piperidine rings is 1. The first-order chi connectivity index (χ1) is 9.47. The van der Waals surface area contributed by atoms with E-state index in [4.69, 9.17) is 4.74 Å². The Balaban J connectivity index is 2.76. The van der Waals surface area contributed by atoms with Crippen molar-refractivity contribution < 1.29 is 19.1 Å². The topological polar surface area (TPSA) is 84.5 Å². The van der Waals surface area contributed by atoms with Crippen LogP contribution < -0.4 is 10.6 Å². The Kier molecular flexibility index (Phi) is 5.71. The maximum Gasteiger partial charge on any atom is 0.252 e. The first kappa shape index (κ1) is 15.7. The molecule has 1 aliphatic rings. The van der Waals surface area contributed by atoms with Crippen LogP contribution in [0, 0.1) is 0 Å². The van der Waals surface area contributed by atoms with Crippen LogP contribution in [0.3, 0.4) is 0 Å². The Bertz CT molecular complexity index is 491. The highest BCUT2D eigenvalue weighted by Gasteiger charge is 2.28. The van der Waals surface area contributed by atoms with Crippen LogP contribution in [-0.2, 0) is 19.1 Å². The molecule has 0 aromatic carbocycles. The second-order valence-electron chi connectivity index (χ2n) is 4.25. The number of hydrogen-bond donors (Lipinski definition) is 2. The minimum Gasteiger partial charge on any atom is -0.497 e. The summed E-state index contributed by atoms with van der Waals surface area (Å²) in [5, 5.41) is 4.77. The van der Waals surface area contributed by atoms with Crippen molar-refractivity contribution in [2.24, 2.45) is 0 Å². The lowest BCUT2D eigenvalue weighted by atomic mass is 10.1. The summed E-state index contributed by atoms with van der Waals surface area (Å²) in [6.45, 7) is 5.38. The molecular weight excluding hydrogens is 260 g/mol. The summed E-state index contributed by atoms with van der Waals surface area (Å²) in [7, 11) is 1.45. The monoisotopic (exact) mass is 278 g/mol. The van der Waals surface area contributed by atoms with Crippen molar-refractivity contribution in [2.75, 3.05) is 7.11 Å². The first-order valence-corrected chi connectivity index (χ1v) is 6.19. The van der Waals surface area contributed by atoms with Gasteiger partial charge >= 0.3 is 0 Å². The summed E-state index contributed by atoms with van der Waals surface area (Å²) in [6.07, 6.45) is 5.26. The lowest BCUT2D eigenvalue weighted by Crippen LogP contribution is -2.52. The summed E-state index contributed by atoms with van der Waals surface area (Å²) in [4.78, 5) is 34.7. The van der Waals surface area contributed by atoms with Gasteiger partial charge in [0.05, 0.1) is 7.11 Å². The molecule has 1 fully saturated rings. The largest absolute Gasteiger partial charge is 0.497 e. The van der Waals surface area contributed by atoms with Gasteiger partial charge in [0.25, 0.3) is 5.91 Å². The number of rotatable bonds is 5. The van der Waals surface area contributed by atoms with Gasteiger partial charge in [-0.05, 0) is 19.4 Å². The summed E-state index contributed by atoms with van der Waals surface area (Å²) in [6, 6.07) is -0.704. The molecule has 20 heavy (non-hydrogen) atoms. The van der Waals surface area contributed by atoms with E-state index in [1.807, 2.05) is 0 Å². The van der Waals surface area contributed by atoms with Gasteiger partial charge in [0.15, 0.2) is 0 Å². The zero-order valence-electron chi connectivity index (χ0n) is 11.6. The molecule has 1 heterocycles. The fourth-order valence-corrected chi connectivity index (χ4v) is 1.67. The van der Waals surface area contributed by atoms with Gasteiger partial charge in [-0.25, -0.2) is 0 Å². The first-order valence-electron chi connectivity index (χ1n) is 6.19. The van der Waals surface area contributed by atoms with E-state index in [0.717, 1.165) is 0 Å². The Hall–Kier alpha value is -2.37. The van der Waals surface area contributed by atoms with Gasteiger partial charge in [-0.15, -0.1) is 0 Å². The minimum absolute atomic E-state index is 0.212. The SMILES string of the molecule is C=C(/C=C(\C=CC)C(=O)NC1CCC(=O)NC1=O)OC. The van der Waals surface area contributed by atoms with E-state index in [9.17, 15) is 14.4 Å². The maximum atomic E-state index is 12.1. The van der Waals surface area contributed by atoms with Gasteiger partial charge < -0.3 is 10.1 Å². The normalized spacial score (nSPS) is 19.7. The van der Waals surface area contributed by atoms with Crippen molar-refractivity contribution in [1.29, 1.82) is 0 Å². The zero-order valence-corrected chi connectivity index (χ0v) is 11.6. The van der Waals surface area contributed by atoms with Crippen molar-refractivity contribution in [3.8, 4) is 0 Å². The molecular formula is C14H18N2O4. The van der Waals surface area contributed by atoms with E-state index in [0.29, 0.717) is 17.8 Å². The molecule has 1 atom stereocenters. The van der Waals surface area contributed by atoms with Crippen LogP contribution >= 0.6 is 0 Å². The molecule has 1 unspecified atom stereocenters. The Morgan fingerprint density at radius 3 is 2.75 bits per heavy atom. The zero-order chi connectivity index (χ0) is 15.1. The Labute approximate surface area is 117 Å². The van der Waals surface area contributed by atoms with E-state index in [1.165, 1.54) is 13.2 Å². The molecule has 0 spiro atoms. The van der Waals surface area contributed by atoms with E-state index >= 15 is 0 Å². The van der Waals surface area contributed by atoms with Crippen LogP contribution in [0.5, 0.6) is 0 Å². The molecule has 0 bridgehead atoms. The molecule has 0 aliphatic carbocycles. The highest BCUT2D eigenvalue weighted by Crippen LogP contribution is 2.08. The number of allylic oxidation sites excluding steroid dienone is 2. The number of amides is 3. The number of hydrogen-bond acceptors (Lipinski definition) is 4. The lowest BCUT2D eigenvalue weighted by molar-refractivity contribution is -0.136. The molecule has 108 valence electrons. The van der Waals surface area contributed by atoms with Crippen LogP contribution in [0.2, 0.25) is 0 Å². The second-order valence-corrected chi connectivity index (χ2v) is 4.25. The number of ether oxygens (including phenoxy) is 1. The number of carbonyl (C=O) groups excluding carboxylic acids is 3. The van der Waals surface area contributed by atoms with Crippen LogP contribution in [-0.4, -0.2) is 30.9 Å². The molecule has 3 amide bonds. The fraction of sp³-hybridized carbons (Fsp3) is 0.357. The van der Waals surface area contributed by atoms with Crippen LogP contribution in [0.4, 0.5) is 0 Å². The van der Waals surface area contributed by atoms with Crippen molar-refractivity contribution in [3.63, 3.8) is 0 Å². The van der Waals surface area contributed by atoms with Crippen molar-refractivity contribution in [3.05, 3.63) is 36.1 Å². The summed E-state index contributed by atoms with van der Waals surface area (Å²) < 4.78 is 4.89. The van der Waals surface area contributed by atoms with Crippen LogP contribution in [0.1, 0.15) is 19.8 Å². The van der Waals surface area contributed by atoms with Gasteiger partial charge in [-0.3, -0.25) is 19.7 Å². The average molecular weight is 278 g/mol. The predicted octanol–water partition coefficient (Wildman–Crippen LogP) is 0.570. The van der Waals surface area contributed by atoms with Gasteiger partial charge in [0.2, 0.25) is 11.8 Å². The smallest absolute Gasteiger partial charge is 0.252 e. The summed E-state index contributed by atoms with van der Waals surface area (Å²) in [5.41, 5.74) is 0.323. The average Bonchev–Trinajstić information content (AvgIpc) is 2.41. The number of methoxy groups -OCH3 is 1. The Morgan fingerprint density at radius 2 is 2.20 bits per heavy atom. The fourth-order valence-electron chi connectivity index (χ4n) is 1.67. The summed E-state index contributed by atoms with van der Waals surface area (Å²) in [5.74, 6) is -0.898. The molecule has 1 rings (SSSR count). The molecule has 0 saturated carbocycles. The molecule has 2 N–H and O–H groups in total. The number of nitrogens with one attached hydrogen (secondary N) is 2. The lowest BCUT2D eigenvalue weighted by Gasteiger charge is -2.22. The molecule has 0 aromatic heterocycles. The third-order valence-corrected chi connectivity index (χ3v) is 2.73. The van der Waals surface area contributed by atoms with Gasteiger partial charge in [-0.2, -0.15) is 0 Å². The molecule has 1 saturated heterocycles. The molecule has 0 aromatic rings. The standard InChI is InChI=1S/C14H18N2O4/c1-4-5-10(8-9(2)20-3)13(18)15-11-6-7-12(17)16-14(11)19/h4-5,8,11H,2,6-7H2,1,3H3,(H,15,18)(H,16,17,19)/b5-4?,10-8+. The van der Waals surface area contributed by atoms with E-state index < -0.39 is 17.9 Å². The highest BCUT2D eigenvalue weighted by molar-refractivity contribution is 6.04. The predicted molar refractivity (Wildman–Crippen MR) is 73.4 cm³/mol. The van der Waals surface area contributed by atoms with Gasteiger partial charge in [-0.1, -0.05) is 18.7 Å². The molecule has 1 aliphatic heterocycles. The molecule has 6 nitrogen and oxygen atoms in total. The van der Waals surface area contributed by atoms with E-state index in [1.54, 1.807) is 19.1 Å². The molecule has 6 heteroatoms. The Morgan fingerprint density at radius 1 is 1.50 bits per heavy atom. The van der Waals surface area contributed by atoms with Crippen LogP contribution in [0.15, 0.2) is 36.1 Å². The minimum atomic E-state index is -0.704. The van der Waals surface area contributed by atoms with Gasteiger partial charge in [0.1, 0.15) is 11.8 Å². The third-order valence-electron chi connectivity index (χ3n) is 2.73. The second kappa shape index (κ2) is 7.28. The number of imide groups is 1. The third kappa shape index (κ3) is 4.38. The van der Waals surface area contributed by atoms with Gasteiger partial charge in [0, 0.05) is 12.0 Å². The van der Waals surface area contributed by atoms with Crippen molar-refractivity contribution >= 4 is 17.7 Å².